The second-order valence-corrected chi connectivity index (χ2v) is 10.7. The van der Waals surface area contributed by atoms with Crippen LogP contribution < -0.4 is 5.32 Å². The minimum Gasteiger partial charge on any atom is -0.356 e. The Labute approximate surface area is 174 Å². The monoisotopic (exact) mass is 419 g/mol. The molecule has 0 radical (unpaired) electrons. The van der Waals surface area contributed by atoms with Crippen LogP contribution >= 0.6 is 0 Å². The van der Waals surface area contributed by atoms with Crippen LogP contribution in [0, 0.1) is 11.8 Å². The molecule has 3 heterocycles. The molecule has 1 amide bonds. The number of benzene rings is 1. The zero-order valence-electron chi connectivity index (χ0n) is 17.1. The van der Waals surface area contributed by atoms with Gasteiger partial charge in [-0.25, -0.2) is 8.42 Å². The van der Waals surface area contributed by atoms with Gasteiger partial charge in [-0.15, -0.1) is 0 Å². The summed E-state index contributed by atoms with van der Waals surface area (Å²) in [5.74, 6) is 0.588. The average Bonchev–Trinajstić information content (AvgIpc) is 2.78. The number of amides is 1. The lowest BCUT2D eigenvalue weighted by Crippen LogP contribution is -2.51. The van der Waals surface area contributed by atoms with Crippen molar-refractivity contribution in [2.24, 2.45) is 11.8 Å². The maximum atomic E-state index is 12.8. The highest BCUT2D eigenvalue weighted by Gasteiger charge is 2.35. The molecule has 0 aliphatic carbocycles. The Kier molecular flexibility index (Phi) is 6.56. The number of sulfonamides is 1. The van der Waals surface area contributed by atoms with Gasteiger partial charge >= 0.3 is 0 Å². The van der Waals surface area contributed by atoms with E-state index in [1.807, 2.05) is 6.07 Å². The van der Waals surface area contributed by atoms with E-state index in [0.717, 1.165) is 6.54 Å². The van der Waals surface area contributed by atoms with Gasteiger partial charge in [-0.1, -0.05) is 24.6 Å². The van der Waals surface area contributed by atoms with Crippen LogP contribution in [0.5, 0.6) is 0 Å². The molecule has 0 bridgehead atoms. The van der Waals surface area contributed by atoms with Gasteiger partial charge < -0.3 is 10.2 Å². The number of hydrogen-bond acceptors (Lipinski definition) is 4. The van der Waals surface area contributed by atoms with Crippen LogP contribution in [0.1, 0.15) is 44.9 Å². The van der Waals surface area contributed by atoms with Crippen molar-refractivity contribution >= 4 is 15.9 Å². The van der Waals surface area contributed by atoms with Crippen molar-refractivity contribution < 1.29 is 13.2 Å². The Balaban J connectivity index is 1.27. The summed E-state index contributed by atoms with van der Waals surface area (Å²) in [6.07, 6.45) is 7.49. The summed E-state index contributed by atoms with van der Waals surface area (Å²) in [5.41, 5.74) is 0. The summed E-state index contributed by atoms with van der Waals surface area (Å²) in [4.78, 5) is 15.7. The average molecular weight is 420 g/mol. The van der Waals surface area contributed by atoms with Crippen molar-refractivity contribution in [2.45, 2.75) is 55.9 Å². The molecule has 29 heavy (non-hydrogen) atoms. The Morgan fingerprint density at radius 1 is 0.931 bits per heavy atom. The molecule has 0 spiro atoms. The Bertz CT molecular complexity index is 789. The molecule has 4 rings (SSSR count). The minimum atomic E-state index is -3.46. The molecule has 6 nitrogen and oxygen atoms in total. The summed E-state index contributed by atoms with van der Waals surface area (Å²) >= 11 is 0. The van der Waals surface area contributed by atoms with Crippen molar-refractivity contribution in [3.8, 4) is 0 Å². The molecule has 2 atom stereocenters. The summed E-state index contributed by atoms with van der Waals surface area (Å²) in [6.45, 7) is 4.01. The van der Waals surface area contributed by atoms with Gasteiger partial charge in [-0.2, -0.15) is 4.31 Å². The lowest BCUT2D eigenvalue weighted by molar-refractivity contribution is -0.126. The second-order valence-electron chi connectivity index (χ2n) is 8.74. The van der Waals surface area contributed by atoms with Gasteiger partial charge in [0.1, 0.15) is 0 Å². The first kappa shape index (κ1) is 20.8. The van der Waals surface area contributed by atoms with Gasteiger partial charge in [0.15, 0.2) is 0 Å². The largest absolute Gasteiger partial charge is 0.356 e. The van der Waals surface area contributed by atoms with Crippen molar-refractivity contribution in [3.63, 3.8) is 0 Å². The highest BCUT2D eigenvalue weighted by Crippen LogP contribution is 2.30. The molecule has 1 aromatic rings. The SMILES string of the molecule is O=C(NC[C@H]1CCCN2CCCC[C@H]12)C1CCN(S(=O)(=O)c2ccccc2)CC1. The number of carbonyl (C=O) groups excluding carboxylic acids is 1. The standard InChI is InChI=1S/C22H33N3O3S/c26-22(23-17-19-7-6-14-24-13-5-4-10-21(19)24)18-11-15-25(16-12-18)29(27,28)20-8-2-1-3-9-20/h1-3,8-9,18-19,21H,4-7,10-17H2,(H,23,26)/t19-,21-/m1/s1. The molecule has 3 aliphatic heterocycles. The van der Waals surface area contributed by atoms with E-state index in [9.17, 15) is 13.2 Å². The van der Waals surface area contributed by atoms with Gasteiger partial charge in [0, 0.05) is 31.6 Å². The molecule has 160 valence electrons. The van der Waals surface area contributed by atoms with E-state index in [0.29, 0.717) is 42.8 Å². The predicted octanol–water partition coefficient (Wildman–Crippen LogP) is 2.47. The van der Waals surface area contributed by atoms with Crippen LogP contribution in [-0.4, -0.2) is 62.3 Å². The van der Waals surface area contributed by atoms with Crippen LogP contribution in [0.25, 0.3) is 0 Å². The van der Waals surface area contributed by atoms with Crippen molar-refractivity contribution in [3.05, 3.63) is 30.3 Å². The van der Waals surface area contributed by atoms with Gasteiger partial charge in [-0.3, -0.25) is 4.79 Å². The first-order valence-corrected chi connectivity index (χ1v) is 12.6. The summed E-state index contributed by atoms with van der Waals surface area (Å²) in [6, 6.07) is 9.20. The number of rotatable bonds is 5. The van der Waals surface area contributed by atoms with Gasteiger partial charge in [-0.05, 0) is 69.7 Å². The topological polar surface area (TPSA) is 69.7 Å². The molecule has 3 fully saturated rings. The number of fused-ring (bicyclic) bond motifs is 1. The third-order valence-electron chi connectivity index (χ3n) is 6.97. The van der Waals surface area contributed by atoms with Crippen LogP contribution in [0.15, 0.2) is 35.2 Å². The number of nitrogens with zero attached hydrogens (tertiary/aromatic N) is 2. The molecule has 7 heteroatoms. The van der Waals surface area contributed by atoms with E-state index in [-0.39, 0.29) is 11.8 Å². The van der Waals surface area contributed by atoms with Crippen molar-refractivity contribution in [1.82, 2.24) is 14.5 Å². The highest BCUT2D eigenvalue weighted by atomic mass is 32.2. The lowest BCUT2D eigenvalue weighted by atomic mass is 9.83. The van der Waals surface area contributed by atoms with E-state index in [1.165, 1.54) is 49.5 Å². The fraction of sp³-hybridized carbons (Fsp3) is 0.682. The zero-order chi connectivity index (χ0) is 20.3. The Hall–Kier alpha value is -1.44. The van der Waals surface area contributed by atoms with Crippen molar-refractivity contribution in [1.29, 1.82) is 0 Å². The minimum absolute atomic E-state index is 0.0803. The third kappa shape index (κ3) is 4.67. The molecule has 3 aliphatic rings. The Morgan fingerprint density at radius 2 is 1.66 bits per heavy atom. The number of piperidine rings is 3. The second kappa shape index (κ2) is 9.14. The molecular formula is C22H33N3O3S. The third-order valence-corrected chi connectivity index (χ3v) is 8.89. The first-order valence-electron chi connectivity index (χ1n) is 11.1. The van der Waals surface area contributed by atoms with Crippen LogP contribution in [0.4, 0.5) is 0 Å². The van der Waals surface area contributed by atoms with Gasteiger partial charge in [0.05, 0.1) is 4.90 Å². The van der Waals surface area contributed by atoms with Gasteiger partial charge in [0.25, 0.3) is 0 Å². The molecule has 0 aromatic heterocycles. The van der Waals surface area contributed by atoms with E-state index in [4.69, 9.17) is 0 Å². The smallest absolute Gasteiger partial charge is 0.243 e. The number of carbonyl (C=O) groups is 1. The highest BCUT2D eigenvalue weighted by molar-refractivity contribution is 7.89. The summed E-state index contributed by atoms with van der Waals surface area (Å²) < 4.78 is 27.0. The van der Waals surface area contributed by atoms with Crippen molar-refractivity contribution in [2.75, 3.05) is 32.7 Å². The zero-order valence-corrected chi connectivity index (χ0v) is 17.9. The maximum absolute atomic E-state index is 12.8. The number of nitrogens with one attached hydrogen (secondary N) is 1. The van der Waals surface area contributed by atoms with E-state index >= 15 is 0 Å². The van der Waals surface area contributed by atoms with E-state index in [1.54, 1.807) is 24.3 Å². The Morgan fingerprint density at radius 3 is 2.41 bits per heavy atom. The maximum Gasteiger partial charge on any atom is 0.243 e. The molecule has 3 saturated heterocycles. The molecule has 1 aromatic carbocycles. The van der Waals surface area contributed by atoms with Crippen LogP contribution in [0.2, 0.25) is 0 Å². The first-order chi connectivity index (χ1) is 14.1. The number of hydrogen-bond donors (Lipinski definition) is 1. The predicted molar refractivity (Wildman–Crippen MR) is 113 cm³/mol. The molecule has 0 saturated carbocycles. The quantitative estimate of drug-likeness (QED) is 0.796. The molecule has 1 N–H and O–H groups in total. The fourth-order valence-electron chi connectivity index (χ4n) is 5.29. The summed E-state index contributed by atoms with van der Waals surface area (Å²) in [5, 5.41) is 3.21. The van der Waals surface area contributed by atoms with E-state index in [2.05, 4.69) is 10.2 Å². The summed E-state index contributed by atoms with van der Waals surface area (Å²) in [7, 11) is -3.46. The fourth-order valence-corrected chi connectivity index (χ4v) is 6.78. The van der Waals surface area contributed by atoms with Gasteiger partial charge in [0.2, 0.25) is 15.9 Å². The van der Waals surface area contributed by atoms with Crippen LogP contribution in [0.3, 0.4) is 0 Å². The molecular weight excluding hydrogens is 386 g/mol. The molecule has 0 unspecified atom stereocenters. The lowest BCUT2D eigenvalue weighted by Gasteiger charge is -2.44. The normalized spacial score (nSPS) is 27.3. The van der Waals surface area contributed by atoms with Crippen LogP contribution in [-0.2, 0) is 14.8 Å². The van der Waals surface area contributed by atoms with E-state index < -0.39 is 10.0 Å².